The summed E-state index contributed by atoms with van der Waals surface area (Å²) in [7, 11) is 1.48. The summed E-state index contributed by atoms with van der Waals surface area (Å²) in [5.74, 6) is 0.628. The van der Waals surface area contributed by atoms with E-state index in [1.165, 1.54) is 31.6 Å². The molecule has 106 valence electrons. The maximum Gasteiger partial charge on any atom is 0.233 e. The number of nitrogens with zero attached hydrogens (tertiary/aromatic N) is 4. The van der Waals surface area contributed by atoms with Crippen molar-refractivity contribution in [3.8, 4) is 5.88 Å². The highest BCUT2D eigenvalue weighted by Crippen LogP contribution is 2.23. The molecule has 21 heavy (non-hydrogen) atoms. The van der Waals surface area contributed by atoms with Crippen molar-refractivity contribution in [2.75, 3.05) is 12.4 Å². The summed E-state index contributed by atoms with van der Waals surface area (Å²) < 4.78 is 18.2. The van der Waals surface area contributed by atoms with Gasteiger partial charge in [-0.1, -0.05) is 11.6 Å². The molecular weight excluding hydrogens is 297 g/mol. The molecule has 0 amide bonds. The summed E-state index contributed by atoms with van der Waals surface area (Å²) in [4.78, 5) is 16.3. The third kappa shape index (κ3) is 2.82. The van der Waals surface area contributed by atoms with Crippen LogP contribution in [0.25, 0.3) is 10.9 Å². The minimum absolute atomic E-state index is 0.226. The van der Waals surface area contributed by atoms with Crippen LogP contribution in [-0.4, -0.2) is 27.0 Å². The summed E-state index contributed by atoms with van der Waals surface area (Å²) in [6.45, 7) is 0. The van der Waals surface area contributed by atoms with Crippen molar-refractivity contribution in [3.05, 3.63) is 41.6 Å². The largest absolute Gasteiger partial charge is 0.481 e. The van der Waals surface area contributed by atoms with Crippen LogP contribution in [0.4, 0.5) is 16.2 Å². The zero-order valence-corrected chi connectivity index (χ0v) is 11.6. The summed E-state index contributed by atoms with van der Waals surface area (Å²) in [6, 6.07) is 5.72. The van der Waals surface area contributed by atoms with Gasteiger partial charge in [0.15, 0.2) is 0 Å². The van der Waals surface area contributed by atoms with Gasteiger partial charge in [-0.3, -0.25) is 0 Å². The minimum Gasteiger partial charge on any atom is -0.481 e. The quantitative estimate of drug-likeness (QED) is 0.750. The van der Waals surface area contributed by atoms with Gasteiger partial charge in [0.2, 0.25) is 11.8 Å². The molecule has 2 heterocycles. The van der Waals surface area contributed by atoms with Gasteiger partial charge in [0.05, 0.1) is 12.6 Å². The van der Waals surface area contributed by atoms with Gasteiger partial charge in [-0.15, -0.1) is 0 Å². The average Bonchev–Trinajstić information content (AvgIpc) is 2.46. The van der Waals surface area contributed by atoms with Crippen molar-refractivity contribution in [2.45, 2.75) is 0 Å². The fourth-order valence-corrected chi connectivity index (χ4v) is 1.97. The Balaban J connectivity index is 2.04. The first-order valence-corrected chi connectivity index (χ1v) is 6.29. The van der Waals surface area contributed by atoms with E-state index in [1.54, 1.807) is 6.07 Å². The van der Waals surface area contributed by atoms with E-state index in [-0.39, 0.29) is 16.9 Å². The van der Waals surface area contributed by atoms with Gasteiger partial charge >= 0.3 is 0 Å². The van der Waals surface area contributed by atoms with E-state index in [4.69, 9.17) is 16.3 Å². The van der Waals surface area contributed by atoms with Gasteiger partial charge in [0, 0.05) is 17.5 Å². The second-order valence-electron chi connectivity index (χ2n) is 4.07. The van der Waals surface area contributed by atoms with Crippen molar-refractivity contribution in [1.29, 1.82) is 0 Å². The summed E-state index contributed by atoms with van der Waals surface area (Å²) in [5.41, 5.74) is 0.474. The normalized spacial score (nSPS) is 10.6. The highest BCUT2D eigenvalue weighted by molar-refractivity contribution is 6.29. The predicted octanol–water partition coefficient (Wildman–Crippen LogP) is 2.96. The highest BCUT2D eigenvalue weighted by Gasteiger charge is 2.08. The topological polar surface area (TPSA) is 72.8 Å². The first kappa shape index (κ1) is 13.4. The lowest BCUT2D eigenvalue weighted by molar-refractivity contribution is 0.397. The summed E-state index contributed by atoms with van der Waals surface area (Å²) in [5, 5.41) is 3.79. The molecule has 0 saturated carbocycles. The second kappa shape index (κ2) is 5.45. The van der Waals surface area contributed by atoms with Crippen molar-refractivity contribution in [2.24, 2.45) is 0 Å². The molecule has 0 bridgehead atoms. The molecular formula is C13H9ClFN5O. The van der Waals surface area contributed by atoms with Crippen LogP contribution in [0.15, 0.2) is 30.6 Å². The number of hydrogen-bond acceptors (Lipinski definition) is 6. The Morgan fingerprint density at radius 3 is 2.86 bits per heavy atom. The molecule has 0 aliphatic carbocycles. The van der Waals surface area contributed by atoms with E-state index in [9.17, 15) is 4.39 Å². The Labute approximate surface area is 124 Å². The molecule has 2 aromatic heterocycles. The van der Waals surface area contributed by atoms with Gasteiger partial charge in [-0.2, -0.15) is 4.98 Å². The van der Waals surface area contributed by atoms with E-state index in [2.05, 4.69) is 25.3 Å². The maximum atomic E-state index is 13.2. The van der Waals surface area contributed by atoms with Crippen molar-refractivity contribution in [3.63, 3.8) is 0 Å². The maximum absolute atomic E-state index is 13.2. The smallest absolute Gasteiger partial charge is 0.233 e. The lowest BCUT2D eigenvalue weighted by atomic mass is 10.2. The standard InChI is InChI=1S/C13H9ClFN5O/c1-21-11-5-10(14)18-13(19-11)20-12-8-3-2-7(15)4-9(8)16-6-17-12/h2-6H,1H3,(H,16,17,18,19,20). The molecule has 1 aromatic carbocycles. The monoisotopic (exact) mass is 305 g/mol. The number of aromatic nitrogens is 4. The Bertz CT molecular complexity index is 814. The Morgan fingerprint density at radius 2 is 2.05 bits per heavy atom. The molecule has 0 aliphatic rings. The molecule has 0 fully saturated rings. The summed E-state index contributed by atoms with van der Waals surface area (Å²) >= 11 is 5.88. The number of nitrogens with one attached hydrogen (secondary N) is 1. The van der Waals surface area contributed by atoms with Crippen LogP contribution in [0.3, 0.4) is 0 Å². The molecule has 0 unspecified atom stereocenters. The Morgan fingerprint density at radius 1 is 1.19 bits per heavy atom. The molecule has 0 saturated heterocycles. The fourth-order valence-electron chi connectivity index (χ4n) is 1.79. The van der Waals surface area contributed by atoms with E-state index in [0.29, 0.717) is 22.6 Å². The first-order chi connectivity index (χ1) is 10.2. The number of hydrogen-bond donors (Lipinski definition) is 1. The number of anilines is 2. The molecule has 0 radical (unpaired) electrons. The molecule has 0 atom stereocenters. The Hall–Kier alpha value is -2.54. The number of benzene rings is 1. The van der Waals surface area contributed by atoms with Gasteiger partial charge in [0.25, 0.3) is 0 Å². The number of fused-ring (bicyclic) bond motifs is 1. The fraction of sp³-hybridized carbons (Fsp3) is 0.0769. The van der Waals surface area contributed by atoms with Crippen molar-refractivity contribution in [1.82, 2.24) is 19.9 Å². The van der Waals surface area contributed by atoms with Crippen molar-refractivity contribution >= 4 is 34.3 Å². The van der Waals surface area contributed by atoms with Crippen LogP contribution in [-0.2, 0) is 0 Å². The van der Waals surface area contributed by atoms with Crippen LogP contribution in [0, 0.1) is 5.82 Å². The third-order valence-corrected chi connectivity index (χ3v) is 2.90. The van der Waals surface area contributed by atoms with Crippen LogP contribution >= 0.6 is 11.6 Å². The van der Waals surface area contributed by atoms with Crippen LogP contribution < -0.4 is 10.1 Å². The zero-order chi connectivity index (χ0) is 14.8. The lowest BCUT2D eigenvalue weighted by Gasteiger charge is -2.08. The molecule has 8 heteroatoms. The third-order valence-electron chi connectivity index (χ3n) is 2.71. The van der Waals surface area contributed by atoms with E-state index in [1.807, 2.05) is 0 Å². The first-order valence-electron chi connectivity index (χ1n) is 5.91. The molecule has 3 rings (SSSR count). The van der Waals surface area contributed by atoms with Gasteiger partial charge in [0.1, 0.15) is 23.1 Å². The molecule has 0 aliphatic heterocycles. The predicted molar refractivity (Wildman–Crippen MR) is 76.4 cm³/mol. The highest BCUT2D eigenvalue weighted by atomic mass is 35.5. The molecule has 6 nitrogen and oxygen atoms in total. The lowest BCUT2D eigenvalue weighted by Crippen LogP contribution is -2.02. The number of ether oxygens (including phenoxy) is 1. The SMILES string of the molecule is COc1cc(Cl)nc(Nc2ncnc3cc(F)ccc23)n1. The number of rotatable bonds is 3. The molecule has 1 N–H and O–H groups in total. The van der Waals surface area contributed by atoms with Gasteiger partial charge in [-0.25, -0.2) is 19.3 Å². The second-order valence-corrected chi connectivity index (χ2v) is 4.45. The Kier molecular flexibility index (Phi) is 3.49. The van der Waals surface area contributed by atoms with Gasteiger partial charge < -0.3 is 10.1 Å². The van der Waals surface area contributed by atoms with Crippen LogP contribution in [0.5, 0.6) is 5.88 Å². The average molecular weight is 306 g/mol. The number of halogens is 2. The van der Waals surface area contributed by atoms with E-state index in [0.717, 1.165) is 0 Å². The summed E-state index contributed by atoms with van der Waals surface area (Å²) in [6.07, 6.45) is 1.33. The van der Waals surface area contributed by atoms with E-state index >= 15 is 0 Å². The molecule has 0 spiro atoms. The van der Waals surface area contributed by atoms with E-state index < -0.39 is 0 Å². The molecule has 3 aromatic rings. The van der Waals surface area contributed by atoms with Gasteiger partial charge in [-0.05, 0) is 12.1 Å². The zero-order valence-electron chi connectivity index (χ0n) is 10.8. The van der Waals surface area contributed by atoms with Crippen LogP contribution in [0.2, 0.25) is 5.15 Å². The minimum atomic E-state index is -0.368. The van der Waals surface area contributed by atoms with Crippen molar-refractivity contribution < 1.29 is 9.13 Å². The number of methoxy groups -OCH3 is 1. The van der Waals surface area contributed by atoms with Crippen LogP contribution in [0.1, 0.15) is 0 Å².